The van der Waals surface area contributed by atoms with Crippen LogP contribution in [0.1, 0.15) is 39.0 Å². The molecule has 0 bridgehead atoms. The van der Waals surface area contributed by atoms with Crippen molar-refractivity contribution in [2.45, 2.75) is 39.0 Å². The third-order valence-corrected chi connectivity index (χ3v) is 3.39. The van der Waals surface area contributed by atoms with Gasteiger partial charge in [0.25, 0.3) is 0 Å². The Balaban J connectivity index is 2.19. The minimum atomic E-state index is 0.407. The van der Waals surface area contributed by atoms with E-state index < -0.39 is 0 Å². The van der Waals surface area contributed by atoms with Gasteiger partial charge in [0.1, 0.15) is 0 Å². The molecule has 0 aromatic carbocycles. The van der Waals surface area contributed by atoms with E-state index in [4.69, 9.17) is 0 Å². The lowest BCUT2D eigenvalue weighted by Crippen LogP contribution is -2.18. The van der Waals surface area contributed by atoms with Gasteiger partial charge in [-0.1, -0.05) is 18.9 Å². The normalized spacial score (nSPS) is 38.8. The predicted octanol–water partition coefficient (Wildman–Crippen LogP) is 2.71. The summed E-state index contributed by atoms with van der Waals surface area (Å²) in [4.78, 5) is 11.7. The predicted molar refractivity (Wildman–Crippen MR) is 48.8 cm³/mol. The third kappa shape index (κ3) is 1.12. The quantitative estimate of drug-likeness (QED) is 0.503. The Morgan fingerprint density at radius 2 is 2.08 bits per heavy atom. The molecule has 0 radical (unpaired) electrons. The van der Waals surface area contributed by atoms with E-state index in [0.717, 1.165) is 18.4 Å². The van der Waals surface area contributed by atoms with Gasteiger partial charge in [-0.2, -0.15) is 0 Å². The summed E-state index contributed by atoms with van der Waals surface area (Å²) in [6.45, 7) is 1.99. The lowest BCUT2D eigenvalue weighted by molar-refractivity contribution is -0.119. The number of Topliss-reactive ketones (excluding diaryl/α,β-unsaturated/α-hetero) is 1. The van der Waals surface area contributed by atoms with Gasteiger partial charge in [0.15, 0.2) is 5.78 Å². The van der Waals surface area contributed by atoms with Crippen LogP contribution in [0.4, 0.5) is 0 Å². The largest absolute Gasteiger partial charge is 0.294 e. The van der Waals surface area contributed by atoms with Crippen LogP contribution in [0.2, 0.25) is 0 Å². The van der Waals surface area contributed by atoms with Crippen LogP contribution in [-0.2, 0) is 4.79 Å². The van der Waals surface area contributed by atoms with E-state index in [0.29, 0.717) is 17.6 Å². The fraction of sp³-hybridized carbons (Fsp3) is 0.727. The summed E-state index contributed by atoms with van der Waals surface area (Å²) in [7, 11) is 0. The van der Waals surface area contributed by atoms with Crippen LogP contribution in [-0.4, -0.2) is 5.78 Å². The van der Waals surface area contributed by atoms with Gasteiger partial charge < -0.3 is 0 Å². The van der Waals surface area contributed by atoms with Gasteiger partial charge in [0.05, 0.1) is 0 Å². The average Bonchev–Trinajstić information content (AvgIpc) is 2.44. The first-order valence-electron chi connectivity index (χ1n) is 5.02. The van der Waals surface area contributed by atoms with Crippen molar-refractivity contribution in [2.75, 3.05) is 0 Å². The Morgan fingerprint density at radius 3 is 2.75 bits per heavy atom. The molecular formula is C11H16O. The SMILES string of the molecule is C/C=C1/CC2CCCCC2C1=O. The topological polar surface area (TPSA) is 17.1 Å². The van der Waals surface area contributed by atoms with Gasteiger partial charge in [-0.25, -0.2) is 0 Å². The molecule has 66 valence electrons. The van der Waals surface area contributed by atoms with Gasteiger partial charge in [0.2, 0.25) is 0 Å². The molecule has 0 heterocycles. The summed E-state index contributed by atoms with van der Waals surface area (Å²) in [6.07, 6.45) is 8.13. The second-order valence-corrected chi connectivity index (χ2v) is 4.03. The first-order valence-corrected chi connectivity index (χ1v) is 5.02. The lowest BCUT2D eigenvalue weighted by atomic mass is 9.81. The second kappa shape index (κ2) is 3.04. The van der Waals surface area contributed by atoms with Crippen molar-refractivity contribution < 1.29 is 4.79 Å². The zero-order chi connectivity index (χ0) is 8.55. The lowest BCUT2D eigenvalue weighted by Gasteiger charge is -2.22. The fourth-order valence-electron chi connectivity index (χ4n) is 2.68. The van der Waals surface area contributed by atoms with Gasteiger partial charge in [0, 0.05) is 5.92 Å². The maximum Gasteiger partial charge on any atom is 0.161 e. The molecule has 12 heavy (non-hydrogen) atoms. The molecule has 2 aliphatic carbocycles. The minimum absolute atomic E-state index is 0.407. The third-order valence-electron chi connectivity index (χ3n) is 3.39. The molecule has 2 fully saturated rings. The van der Waals surface area contributed by atoms with E-state index in [9.17, 15) is 4.79 Å². The summed E-state index contributed by atoms with van der Waals surface area (Å²) < 4.78 is 0. The van der Waals surface area contributed by atoms with Gasteiger partial charge in [-0.05, 0) is 37.7 Å². The fourth-order valence-corrected chi connectivity index (χ4v) is 2.68. The molecule has 0 aromatic heterocycles. The van der Waals surface area contributed by atoms with E-state index in [1.54, 1.807) is 0 Å². The van der Waals surface area contributed by atoms with E-state index in [2.05, 4.69) is 0 Å². The Kier molecular flexibility index (Phi) is 2.03. The zero-order valence-electron chi connectivity index (χ0n) is 7.68. The average molecular weight is 164 g/mol. The molecule has 0 amide bonds. The van der Waals surface area contributed by atoms with Crippen molar-refractivity contribution in [3.63, 3.8) is 0 Å². The molecule has 1 heteroatoms. The highest BCUT2D eigenvalue weighted by Crippen LogP contribution is 2.42. The standard InChI is InChI=1S/C11H16O/c1-2-8-7-9-5-3-4-6-10(9)11(8)12/h2,9-10H,3-7H2,1H3/b8-2-. The Morgan fingerprint density at radius 1 is 1.33 bits per heavy atom. The molecular weight excluding hydrogens is 148 g/mol. The number of hydrogen-bond acceptors (Lipinski definition) is 1. The highest BCUT2D eigenvalue weighted by atomic mass is 16.1. The van der Waals surface area contributed by atoms with Crippen molar-refractivity contribution in [3.05, 3.63) is 11.6 Å². The van der Waals surface area contributed by atoms with Crippen molar-refractivity contribution in [3.8, 4) is 0 Å². The van der Waals surface area contributed by atoms with Crippen LogP contribution in [0, 0.1) is 11.8 Å². The summed E-state index contributed by atoms with van der Waals surface area (Å²) in [6, 6.07) is 0. The first kappa shape index (κ1) is 8.03. The van der Waals surface area contributed by atoms with Crippen LogP contribution in [0.5, 0.6) is 0 Å². The maximum absolute atomic E-state index is 11.7. The van der Waals surface area contributed by atoms with Crippen LogP contribution in [0.3, 0.4) is 0 Å². The molecule has 1 nitrogen and oxygen atoms in total. The Labute approximate surface area is 73.8 Å². The zero-order valence-corrected chi connectivity index (χ0v) is 7.68. The number of rotatable bonds is 0. The van der Waals surface area contributed by atoms with Gasteiger partial charge in [-0.15, -0.1) is 0 Å². The summed E-state index contributed by atoms with van der Waals surface area (Å²) in [5.41, 5.74) is 1.10. The van der Waals surface area contributed by atoms with Gasteiger partial charge in [-0.3, -0.25) is 4.79 Å². The number of carbonyl (C=O) groups is 1. The van der Waals surface area contributed by atoms with Crippen LogP contribution in [0.15, 0.2) is 11.6 Å². The molecule has 0 N–H and O–H groups in total. The molecule has 0 aromatic rings. The second-order valence-electron chi connectivity index (χ2n) is 4.03. The Hall–Kier alpha value is -0.590. The molecule has 2 saturated carbocycles. The summed E-state index contributed by atoms with van der Waals surface area (Å²) in [5.74, 6) is 1.57. The monoisotopic (exact) mass is 164 g/mol. The van der Waals surface area contributed by atoms with Crippen LogP contribution < -0.4 is 0 Å². The molecule has 0 aliphatic heterocycles. The highest BCUT2D eigenvalue weighted by molar-refractivity contribution is 5.99. The van der Waals surface area contributed by atoms with Crippen LogP contribution >= 0.6 is 0 Å². The van der Waals surface area contributed by atoms with Crippen molar-refractivity contribution in [1.82, 2.24) is 0 Å². The van der Waals surface area contributed by atoms with Crippen molar-refractivity contribution in [2.24, 2.45) is 11.8 Å². The first-order chi connectivity index (χ1) is 5.83. The van der Waals surface area contributed by atoms with E-state index >= 15 is 0 Å². The smallest absolute Gasteiger partial charge is 0.161 e. The number of fused-ring (bicyclic) bond motifs is 1. The van der Waals surface area contributed by atoms with Crippen LogP contribution in [0.25, 0.3) is 0 Å². The maximum atomic E-state index is 11.7. The summed E-state index contributed by atoms with van der Waals surface area (Å²) >= 11 is 0. The van der Waals surface area contributed by atoms with E-state index in [-0.39, 0.29) is 0 Å². The van der Waals surface area contributed by atoms with E-state index in [1.807, 2.05) is 13.0 Å². The number of allylic oxidation sites excluding steroid dienone is 2. The molecule has 0 spiro atoms. The summed E-state index contributed by atoms with van der Waals surface area (Å²) in [5, 5.41) is 0. The van der Waals surface area contributed by atoms with Crippen molar-refractivity contribution >= 4 is 5.78 Å². The molecule has 2 aliphatic rings. The number of carbonyl (C=O) groups excluding carboxylic acids is 1. The van der Waals surface area contributed by atoms with Crippen molar-refractivity contribution in [1.29, 1.82) is 0 Å². The van der Waals surface area contributed by atoms with Gasteiger partial charge >= 0.3 is 0 Å². The highest BCUT2D eigenvalue weighted by Gasteiger charge is 2.38. The Bertz CT molecular complexity index is 227. The number of hydrogen-bond donors (Lipinski definition) is 0. The number of ketones is 1. The van der Waals surface area contributed by atoms with E-state index in [1.165, 1.54) is 19.3 Å². The molecule has 2 unspecified atom stereocenters. The minimum Gasteiger partial charge on any atom is -0.294 e. The molecule has 0 saturated heterocycles. The molecule has 2 rings (SSSR count). The molecule has 2 atom stereocenters.